The van der Waals surface area contributed by atoms with Gasteiger partial charge < -0.3 is 15.1 Å². The van der Waals surface area contributed by atoms with E-state index in [0.717, 1.165) is 37.7 Å². The van der Waals surface area contributed by atoms with E-state index < -0.39 is 0 Å². The van der Waals surface area contributed by atoms with Gasteiger partial charge in [0.2, 0.25) is 5.95 Å². The Morgan fingerprint density at radius 2 is 1.56 bits per heavy atom. The Kier molecular flexibility index (Phi) is 4.84. The van der Waals surface area contributed by atoms with Crippen molar-refractivity contribution >= 4 is 23.1 Å². The second-order valence-corrected chi connectivity index (χ2v) is 6.36. The van der Waals surface area contributed by atoms with Gasteiger partial charge in [0.05, 0.1) is 11.6 Å². The van der Waals surface area contributed by atoms with Crippen LogP contribution < -0.4 is 15.1 Å². The summed E-state index contributed by atoms with van der Waals surface area (Å²) in [7, 11) is 0. The van der Waals surface area contributed by atoms with Crippen molar-refractivity contribution in [3.8, 4) is 6.07 Å². The molecule has 1 N–H and O–H groups in total. The fraction of sp³-hybridized carbons (Fsp3) is 0.190. The molecule has 0 bridgehead atoms. The lowest BCUT2D eigenvalue weighted by Gasteiger charge is -2.36. The molecule has 0 radical (unpaired) electrons. The first-order chi connectivity index (χ1) is 13.3. The molecule has 0 unspecified atom stereocenters. The molecular weight excluding hydrogens is 336 g/mol. The summed E-state index contributed by atoms with van der Waals surface area (Å²) in [6, 6.07) is 21.8. The maximum Gasteiger partial charge on any atom is 0.229 e. The summed E-state index contributed by atoms with van der Waals surface area (Å²) in [4.78, 5) is 13.6. The zero-order valence-corrected chi connectivity index (χ0v) is 14.9. The molecule has 1 fully saturated rings. The van der Waals surface area contributed by atoms with Crippen molar-refractivity contribution in [3.05, 3.63) is 72.4 Å². The first kappa shape index (κ1) is 16.9. The minimum atomic E-state index is 0.558. The third-order valence-corrected chi connectivity index (χ3v) is 4.64. The van der Waals surface area contributed by atoms with Crippen molar-refractivity contribution in [2.75, 3.05) is 41.3 Å². The molecule has 0 saturated carbocycles. The van der Waals surface area contributed by atoms with Gasteiger partial charge in [-0.3, -0.25) is 0 Å². The molecule has 6 nitrogen and oxygen atoms in total. The lowest BCUT2D eigenvalue weighted by molar-refractivity contribution is 0.647. The number of hydrogen-bond acceptors (Lipinski definition) is 6. The number of nitrogens with zero attached hydrogens (tertiary/aromatic N) is 5. The molecule has 1 aliphatic rings. The van der Waals surface area contributed by atoms with E-state index in [2.05, 4.69) is 55.4 Å². The highest BCUT2D eigenvalue weighted by molar-refractivity contribution is 5.57. The molecule has 0 spiro atoms. The smallest absolute Gasteiger partial charge is 0.229 e. The standard InChI is InChI=1S/C21H20N6/c22-16-17-6-8-18(9-7-17)24-21-23-11-10-20(25-21)27-14-12-26(13-15-27)19-4-2-1-3-5-19/h1-11H,12-15H2,(H,23,24,25). The topological polar surface area (TPSA) is 68.1 Å². The second-order valence-electron chi connectivity index (χ2n) is 6.36. The molecule has 2 heterocycles. The van der Waals surface area contributed by atoms with Gasteiger partial charge in [-0.05, 0) is 42.5 Å². The lowest BCUT2D eigenvalue weighted by Crippen LogP contribution is -2.46. The average molecular weight is 356 g/mol. The Hall–Kier alpha value is -3.59. The van der Waals surface area contributed by atoms with Gasteiger partial charge in [-0.15, -0.1) is 0 Å². The predicted octanol–water partition coefficient (Wildman–Crippen LogP) is 3.42. The minimum absolute atomic E-state index is 0.558. The Labute approximate surface area is 158 Å². The third-order valence-electron chi connectivity index (χ3n) is 4.64. The Morgan fingerprint density at radius 1 is 0.852 bits per heavy atom. The van der Waals surface area contributed by atoms with Crippen LogP contribution in [0.1, 0.15) is 5.56 Å². The number of piperazine rings is 1. The first-order valence-electron chi connectivity index (χ1n) is 8.97. The summed E-state index contributed by atoms with van der Waals surface area (Å²) in [5, 5.41) is 12.1. The van der Waals surface area contributed by atoms with E-state index in [9.17, 15) is 0 Å². The number of aromatic nitrogens is 2. The molecule has 6 heteroatoms. The summed E-state index contributed by atoms with van der Waals surface area (Å²) in [5.41, 5.74) is 2.76. The zero-order chi connectivity index (χ0) is 18.5. The van der Waals surface area contributed by atoms with Gasteiger partial charge in [0.25, 0.3) is 0 Å². The first-order valence-corrected chi connectivity index (χ1v) is 8.97. The van der Waals surface area contributed by atoms with Crippen LogP contribution in [-0.4, -0.2) is 36.1 Å². The number of rotatable bonds is 4. The van der Waals surface area contributed by atoms with Gasteiger partial charge in [-0.2, -0.15) is 10.2 Å². The lowest BCUT2D eigenvalue weighted by atomic mass is 10.2. The van der Waals surface area contributed by atoms with E-state index in [0.29, 0.717) is 11.5 Å². The Morgan fingerprint density at radius 3 is 2.26 bits per heavy atom. The summed E-state index contributed by atoms with van der Waals surface area (Å²) in [6.45, 7) is 3.77. The van der Waals surface area contributed by atoms with Crippen molar-refractivity contribution in [1.29, 1.82) is 5.26 Å². The molecule has 134 valence electrons. The van der Waals surface area contributed by atoms with Crippen LogP contribution in [-0.2, 0) is 0 Å². The monoisotopic (exact) mass is 356 g/mol. The van der Waals surface area contributed by atoms with Crippen LogP contribution in [0, 0.1) is 11.3 Å². The number of para-hydroxylation sites is 1. The van der Waals surface area contributed by atoms with Crippen LogP contribution >= 0.6 is 0 Å². The van der Waals surface area contributed by atoms with Crippen molar-refractivity contribution in [2.24, 2.45) is 0 Å². The molecule has 27 heavy (non-hydrogen) atoms. The van der Waals surface area contributed by atoms with Crippen LogP contribution in [0.15, 0.2) is 66.9 Å². The maximum absolute atomic E-state index is 8.89. The van der Waals surface area contributed by atoms with Gasteiger partial charge in [-0.25, -0.2) is 4.98 Å². The fourth-order valence-electron chi connectivity index (χ4n) is 3.18. The minimum Gasteiger partial charge on any atom is -0.368 e. The summed E-state index contributed by atoms with van der Waals surface area (Å²) in [6.07, 6.45) is 1.78. The number of benzene rings is 2. The molecule has 1 aliphatic heterocycles. The van der Waals surface area contributed by atoms with Crippen LogP contribution in [0.4, 0.5) is 23.1 Å². The highest BCUT2D eigenvalue weighted by atomic mass is 15.3. The highest BCUT2D eigenvalue weighted by Crippen LogP contribution is 2.20. The fourth-order valence-corrected chi connectivity index (χ4v) is 3.18. The quantitative estimate of drug-likeness (QED) is 0.773. The van der Waals surface area contributed by atoms with E-state index in [1.165, 1.54) is 5.69 Å². The van der Waals surface area contributed by atoms with Crippen molar-refractivity contribution in [1.82, 2.24) is 9.97 Å². The van der Waals surface area contributed by atoms with Crippen molar-refractivity contribution < 1.29 is 0 Å². The predicted molar refractivity (Wildman–Crippen MR) is 107 cm³/mol. The molecule has 3 aromatic rings. The van der Waals surface area contributed by atoms with Gasteiger partial charge in [0.1, 0.15) is 5.82 Å². The molecule has 0 atom stereocenters. The normalized spacial score (nSPS) is 13.9. The summed E-state index contributed by atoms with van der Waals surface area (Å²) < 4.78 is 0. The van der Waals surface area contributed by atoms with Crippen LogP contribution in [0.3, 0.4) is 0 Å². The van der Waals surface area contributed by atoms with Gasteiger partial charge in [0.15, 0.2) is 0 Å². The molecule has 0 aliphatic carbocycles. The number of nitriles is 1. The molecule has 0 amide bonds. The van der Waals surface area contributed by atoms with E-state index in [4.69, 9.17) is 5.26 Å². The average Bonchev–Trinajstić information content (AvgIpc) is 2.75. The van der Waals surface area contributed by atoms with E-state index in [1.54, 1.807) is 18.3 Å². The molecule has 4 rings (SSSR count). The van der Waals surface area contributed by atoms with E-state index in [1.807, 2.05) is 24.3 Å². The molecule has 2 aromatic carbocycles. The van der Waals surface area contributed by atoms with Crippen LogP contribution in [0.5, 0.6) is 0 Å². The zero-order valence-electron chi connectivity index (χ0n) is 14.9. The van der Waals surface area contributed by atoms with Gasteiger partial charge >= 0.3 is 0 Å². The van der Waals surface area contributed by atoms with Crippen LogP contribution in [0.2, 0.25) is 0 Å². The SMILES string of the molecule is N#Cc1ccc(Nc2nccc(N3CCN(c4ccccc4)CC3)n2)cc1. The van der Waals surface area contributed by atoms with E-state index >= 15 is 0 Å². The van der Waals surface area contributed by atoms with Gasteiger partial charge in [-0.1, -0.05) is 18.2 Å². The molecule has 1 aromatic heterocycles. The number of nitrogens with one attached hydrogen (secondary N) is 1. The van der Waals surface area contributed by atoms with Crippen molar-refractivity contribution in [3.63, 3.8) is 0 Å². The van der Waals surface area contributed by atoms with Gasteiger partial charge in [0, 0.05) is 43.8 Å². The highest BCUT2D eigenvalue weighted by Gasteiger charge is 2.18. The Bertz CT molecular complexity index is 925. The summed E-state index contributed by atoms with van der Waals surface area (Å²) in [5.74, 6) is 1.48. The van der Waals surface area contributed by atoms with E-state index in [-0.39, 0.29) is 0 Å². The second kappa shape index (κ2) is 7.75. The number of anilines is 4. The molecule has 1 saturated heterocycles. The third kappa shape index (κ3) is 3.98. The van der Waals surface area contributed by atoms with Crippen molar-refractivity contribution in [2.45, 2.75) is 0 Å². The maximum atomic E-state index is 8.89. The van der Waals surface area contributed by atoms with Crippen LogP contribution in [0.25, 0.3) is 0 Å². The largest absolute Gasteiger partial charge is 0.368 e. The summed E-state index contributed by atoms with van der Waals surface area (Å²) >= 11 is 0. The molecular formula is C21H20N6. The Balaban J connectivity index is 1.41. The number of hydrogen-bond donors (Lipinski definition) is 1.